The molecule has 3 rings (SSSR count). The first-order chi connectivity index (χ1) is 9.25. The zero-order valence-corrected chi connectivity index (χ0v) is 11.6. The van der Waals surface area contributed by atoms with Gasteiger partial charge in [0.05, 0.1) is 12.6 Å². The standard InChI is InChI=1S/C13H23N5O/c1-17-13(14-15-16-17)9-18-8-4-6-11(18)10-5-2-3-7-12(10)19/h10-12,19H,2-9H2,1H3/t10-,11+,12-/m0/s1. The maximum atomic E-state index is 10.3. The van der Waals surface area contributed by atoms with E-state index >= 15 is 0 Å². The van der Waals surface area contributed by atoms with Crippen LogP contribution in [0.5, 0.6) is 0 Å². The van der Waals surface area contributed by atoms with Gasteiger partial charge in [0.15, 0.2) is 5.82 Å². The molecule has 1 aromatic heterocycles. The van der Waals surface area contributed by atoms with E-state index in [0.717, 1.165) is 25.3 Å². The molecule has 2 heterocycles. The van der Waals surface area contributed by atoms with Gasteiger partial charge in [0, 0.05) is 19.0 Å². The third-order valence-electron chi connectivity index (χ3n) is 4.74. The number of hydrogen-bond donors (Lipinski definition) is 1. The van der Waals surface area contributed by atoms with Gasteiger partial charge in [-0.1, -0.05) is 12.8 Å². The van der Waals surface area contributed by atoms with Crippen molar-refractivity contribution in [3.05, 3.63) is 5.82 Å². The van der Waals surface area contributed by atoms with Crippen LogP contribution in [0, 0.1) is 5.92 Å². The van der Waals surface area contributed by atoms with Gasteiger partial charge >= 0.3 is 0 Å². The Morgan fingerprint density at radius 2 is 2.05 bits per heavy atom. The molecule has 106 valence electrons. The summed E-state index contributed by atoms with van der Waals surface area (Å²) >= 11 is 0. The molecule has 1 aromatic rings. The van der Waals surface area contributed by atoms with Crippen molar-refractivity contribution < 1.29 is 5.11 Å². The number of nitrogens with zero attached hydrogens (tertiary/aromatic N) is 5. The summed E-state index contributed by atoms with van der Waals surface area (Å²) < 4.78 is 1.74. The van der Waals surface area contributed by atoms with Crippen LogP contribution in [0.15, 0.2) is 0 Å². The minimum absolute atomic E-state index is 0.114. The number of aliphatic hydroxyl groups excluding tert-OH is 1. The molecule has 1 saturated carbocycles. The number of hydrogen-bond acceptors (Lipinski definition) is 5. The molecule has 0 radical (unpaired) electrons. The highest BCUT2D eigenvalue weighted by molar-refractivity contribution is 4.93. The number of rotatable bonds is 3. The van der Waals surface area contributed by atoms with Crippen molar-refractivity contribution in [1.29, 1.82) is 0 Å². The maximum Gasteiger partial charge on any atom is 0.164 e. The van der Waals surface area contributed by atoms with E-state index in [0.29, 0.717) is 12.0 Å². The number of aryl methyl sites for hydroxylation is 1. The predicted octanol–water partition coefficient (Wildman–Crippen LogP) is 0.726. The molecule has 0 aromatic carbocycles. The van der Waals surface area contributed by atoms with Crippen molar-refractivity contribution in [2.45, 2.75) is 57.2 Å². The lowest BCUT2D eigenvalue weighted by Crippen LogP contribution is -2.42. The zero-order chi connectivity index (χ0) is 13.2. The van der Waals surface area contributed by atoms with Crippen LogP contribution in [0.2, 0.25) is 0 Å². The molecule has 19 heavy (non-hydrogen) atoms. The molecule has 0 bridgehead atoms. The van der Waals surface area contributed by atoms with E-state index in [1.54, 1.807) is 4.68 Å². The van der Waals surface area contributed by atoms with E-state index in [9.17, 15) is 5.11 Å². The van der Waals surface area contributed by atoms with Crippen LogP contribution in [0.3, 0.4) is 0 Å². The summed E-state index contributed by atoms with van der Waals surface area (Å²) in [4.78, 5) is 2.46. The first-order valence-electron chi connectivity index (χ1n) is 7.39. The van der Waals surface area contributed by atoms with Crippen molar-refractivity contribution in [2.24, 2.45) is 13.0 Å². The molecule has 1 N–H and O–H groups in total. The molecule has 6 nitrogen and oxygen atoms in total. The van der Waals surface area contributed by atoms with Crippen molar-refractivity contribution in [3.63, 3.8) is 0 Å². The van der Waals surface area contributed by atoms with Crippen molar-refractivity contribution >= 4 is 0 Å². The second-order valence-electron chi connectivity index (χ2n) is 5.91. The molecular weight excluding hydrogens is 242 g/mol. The fourth-order valence-electron chi connectivity index (χ4n) is 3.69. The Kier molecular flexibility index (Phi) is 3.79. The summed E-state index contributed by atoms with van der Waals surface area (Å²) in [6, 6.07) is 0.506. The summed E-state index contributed by atoms with van der Waals surface area (Å²) in [7, 11) is 1.88. The quantitative estimate of drug-likeness (QED) is 0.872. The van der Waals surface area contributed by atoms with Gasteiger partial charge in [-0.2, -0.15) is 0 Å². The lowest BCUT2D eigenvalue weighted by Gasteiger charge is -2.36. The maximum absolute atomic E-state index is 10.3. The average Bonchev–Trinajstić information content (AvgIpc) is 3.01. The monoisotopic (exact) mass is 265 g/mol. The van der Waals surface area contributed by atoms with Gasteiger partial charge in [0.2, 0.25) is 0 Å². The second kappa shape index (κ2) is 5.54. The van der Waals surface area contributed by atoms with Crippen LogP contribution in [0.4, 0.5) is 0 Å². The summed E-state index contributed by atoms with van der Waals surface area (Å²) in [5.74, 6) is 1.36. The zero-order valence-electron chi connectivity index (χ0n) is 11.6. The van der Waals surface area contributed by atoms with Crippen LogP contribution in [0.1, 0.15) is 44.3 Å². The van der Waals surface area contributed by atoms with Gasteiger partial charge in [-0.15, -0.1) is 5.10 Å². The fourth-order valence-corrected chi connectivity index (χ4v) is 3.69. The van der Waals surface area contributed by atoms with Crippen LogP contribution in [-0.4, -0.2) is 48.9 Å². The predicted molar refractivity (Wildman–Crippen MR) is 70.2 cm³/mol. The minimum atomic E-state index is -0.114. The van der Waals surface area contributed by atoms with Crippen molar-refractivity contribution in [3.8, 4) is 0 Å². The Morgan fingerprint density at radius 1 is 1.21 bits per heavy atom. The lowest BCUT2D eigenvalue weighted by molar-refractivity contribution is 0.0193. The largest absolute Gasteiger partial charge is 0.393 e. The van der Waals surface area contributed by atoms with Crippen LogP contribution >= 0.6 is 0 Å². The first kappa shape index (κ1) is 13.0. The van der Waals surface area contributed by atoms with E-state index in [4.69, 9.17) is 0 Å². The molecule has 1 aliphatic carbocycles. The fraction of sp³-hybridized carbons (Fsp3) is 0.923. The molecule has 0 amide bonds. The van der Waals surface area contributed by atoms with Gasteiger partial charge in [-0.05, 0) is 42.7 Å². The summed E-state index contributed by atoms with van der Waals surface area (Å²) in [5.41, 5.74) is 0. The van der Waals surface area contributed by atoms with E-state index in [-0.39, 0.29) is 6.10 Å². The molecular formula is C13H23N5O. The summed E-state index contributed by atoms with van der Waals surface area (Å²) in [6.45, 7) is 1.90. The molecule has 1 aliphatic heterocycles. The lowest BCUT2D eigenvalue weighted by atomic mass is 9.80. The van der Waals surface area contributed by atoms with Crippen molar-refractivity contribution in [2.75, 3.05) is 6.54 Å². The van der Waals surface area contributed by atoms with E-state index in [2.05, 4.69) is 20.4 Å². The van der Waals surface area contributed by atoms with Crippen LogP contribution in [-0.2, 0) is 13.6 Å². The highest BCUT2D eigenvalue weighted by atomic mass is 16.3. The van der Waals surface area contributed by atoms with Gasteiger partial charge in [-0.3, -0.25) is 4.90 Å². The summed E-state index contributed by atoms with van der Waals surface area (Å²) in [6.07, 6.45) is 6.89. The van der Waals surface area contributed by atoms with Gasteiger partial charge in [0.25, 0.3) is 0 Å². The number of aliphatic hydroxyl groups is 1. The van der Waals surface area contributed by atoms with E-state index in [1.165, 1.54) is 32.1 Å². The number of tetrazole rings is 1. The Labute approximate surface area is 113 Å². The van der Waals surface area contributed by atoms with Crippen LogP contribution in [0.25, 0.3) is 0 Å². The Hall–Kier alpha value is -1.01. The molecule has 6 heteroatoms. The van der Waals surface area contributed by atoms with Crippen LogP contribution < -0.4 is 0 Å². The minimum Gasteiger partial charge on any atom is -0.393 e. The smallest absolute Gasteiger partial charge is 0.164 e. The number of likely N-dealkylation sites (tertiary alicyclic amines) is 1. The molecule has 3 atom stereocenters. The normalized spacial score (nSPS) is 32.8. The highest BCUT2D eigenvalue weighted by Crippen LogP contribution is 2.35. The van der Waals surface area contributed by atoms with Gasteiger partial charge in [-0.25, -0.2) is 4.68 Å². The topological polar surface area (TPSA) is 67.1 Å². The Balaban J connectivity index is 1.69. The highest BCUT2D eigenvalue weighted by Gasteiger charge is 2.37. The molecule has 1 saturated heterocycles. The Morgan fingerprint density at radius 3 is 2.79 bits per heavy atom. The SMILES string of the molecule is Cn1nnnc1CN1CCC[C@@H]1[C@@H]1CCCC[C@@H]1O. The molecule has 2 fully saturated rings. The average molecular weight is 265 g/mol. The van der Waals surface area contributed by atoms with Gasteiger partial charge in [0.1, 0.15) is 0 Å². The van der Waals surface area contributed by atoms with Crippen molar-refractivity contribution in [1.82, 2.24) is 25.1 Å². The molecule has 2 aliphatic rings. The third-order valence-corrected chi connectivity index (χ3v) is 4.74. The third kappa shape index (κ3) is 2.65. The van der Waals surface area contributed by atoms with E-state index in [1.807, 2.05) is 7.05 Å². The molecule has 0 spiro atoms. The second-order valence-corrected chi connectivity index (χ2v) is 5.91. The van der Waals surface area contributed by atoms with E-state index < -0.39 is 0 Å². The Bertz CT molecular complexity index is 421. The van der Waals surface area contributed by atoms with Gasteiger partial charge < -0.3 is 5.11 Å². The first-order valence-corrected chi connectivity index (χ1v) is 7.39. The summed E-state index contributed by atoms with van der Waals surface area (Å²) in [5, 5.41) is 21.9. The number of aromatic nitrogens is 4. The molecule has 0 unspecified atom stereocenters.